The van der Waals surface area contributed by atoms with Gasteiger partial charge < -0.3 is 0 Å². The Balaban J connectivity index is 1.64. The fraction of sp³-hybridized carbons (Fsp3) is 0.458. The number of carbonyl (C=O) groups is 1. The molecule has 1 nitrogen and oxygen atoms in total. The van der Waals surface area contributed by atoms with Crippen molar-refractivity contribution < 1.29 is 4.79 Å². The molecular weight excluding hydrogens is 304 g/mol. The molecule has 3 atom stereocenters. The van der Waals surface area contributed by atoms with Gasteiger partial charge in [-0.2, -0.15) is 0 Å². The molecule has 0 N–H and O–H groups in total. The van der Waals surface area contributed by atoms with Crippen LogP contribution in [0.1, 0.15) is 73.4 Å². The number of hydrogen-bond donors (Lipinski definition) is 0. The summed E-state index contributed by atoms with van der Waals surface area (Å²) < 4.78 is 0. The Morgan fingerprint density at radius 3 is 2.88 bits per heavy atom. The molecule has 25 heavy (non-hydrogen) atoms. The minimum atomic E-state index is -0.0704. The van der Waals surface area contributed by atoms with Gasteiger partial charge in [0.2, 0.25) is 0 Å². The fourth-order valence-electron chi connectivity index (χ4n) is 5.67. The number of rotatable bonds is 2. The van der Waals surface area contributed by atoms with Crippen molar-refractivity contribution in [3.05, 3.63) is 58.7 Å². The number of aryl methyl sites for hydroxylation is 1. The van der Waals surface area contributed by atoms with Gasteiger partial charge in [-0.1, -0.05) is 49.8 Å². The first-order valence-electron chi connectivity index (χ1n) is 9.90. The molecule has 0 aromatic heterocycles. The van der Waals surface area contributed by atoms with E-state index in [9.17, 15) is 4.79 Å². The lowest BCUT2D eigenvalue weighted by Gasteiger charge is -2.39. The molecule has 1 spiro atoms. The highest BCUT2D eigenvalue weighted by Gasteiger charge is 2.53. The van der Waals surface area contributed by atoms with E-state index in [2.05, 4.69) is 50.3 Å². The van der Waals surface area contributed by atoms with Crippen molar-refractivity contribution in [1.29, 1.82) is 0 Å². The summed E-state index contributed by atoms with van der Waals surface area (Å²) in [5.41, 5.74) is 5.21. The van der Waals surface area contributed by atoms with Crippen LogP contribution in [0.3, 0.4) is 0 Å². The largest absolute Gasteiger partial charge is 0.294 e. The molecule has 1 saturated carbocycles. The van der Waals surface area contributed by atoms with Gasteiger partial charge in [0, 0.05) is 11.0 Å². The molecule has 3 aliphatic carbocycles. The van der Waals surface area contributed by atoms with Gasteiger partial charge in [0.1, 0.15) is 0 Å². The molecule has 0 saturated heterocycles. The van der Waals surface area contributed by atoms with Crippen molar-refractivity contribution in [3.63, 3.8) is 0 Å². The summed E-state index contributed by atoms with van der Waals surface area (Å²) in [4.78, 5) is 13.5. The number of fused-ring (bicyclic) bond motifs is 5. The van der Waals surface area contributed by atoms with Crippen LogP contribution in [0.2, 0.25) is 0 Å². The van der Waals surface area contributed by atoms with Crippen LogP contribution in [0.15, 0.2) is 42.0 Å². The van der Waals surface area contributed by atoms with Crippen molar-refractivity contribution in [3.8, 4) is 0 Å². The first-order chi connectivity index (χ1) is 12.1. The van der Waals surface area contributed by atoms with E-state index in [0.717, 1.165) is 37.7 Å². The van der Waals surface area contributed by atoms with Gasteiger partial charge in [-0.05, 0) is 78.3 Å². The van der Waals surface area contributed by atoms with E-state index in [0.29, 0.717) is 17.6 Å². The molecule has 5 rings (SSSR count). The molecule has 0 radical (unpaired) electrons. The number of hydrogen-bond acceptors (Lipinski definition) is 1. The van der Waals surface area contributed by atoms with Crippen LogP contribution in [0.4, 0.5) is 0 Å². The minimum Gasteiger partial charge on any atom is -0.294 e. The van der Waals surface area contributed by atoms with E-state index >= 15 is 0 Å². The van der Waals surface area contributed by atoms with Gasteiger partial charge in [0.15, 0.2) is 5.78 Å². The van der Waals surface area contributed by atoms with Crippen molar-refractivity contribution in [2.24, 2.45) is 11.3 Å². The number of ketones is 1. The summed E-state index contributed by atoms with van der Waals surface area (Å²) in [6, 6.07) is 11.1. The zero-order valence-electron chi connectivity index (χ0n) is 15.3. The molecule has 0 heterocycles. The first-order valence-corrected chi connectivity index (χ1v) is 9.90. The monoisotopic (exact) mass is 330 g/mol. The molecule has 0 aliphatic heterocycles. The Bertz CT molecular complexity index is 919. The topological polar surface area (TPSA) is 17.1 Å². The minimum absolute atomic E-state index is 0.0704. The third-order valence-electron chi connectivity index (χ3n) is 7.34. The maximum Gasteiger partial charge on any atom is 0.169 e. The Kier molecular flexibility index (Phi) is 3.26. The molecule has 2 aromatic rings. The van der Waals surface area contributed by atoms with Crippen LogP contribution in [-0.2, 0) is 6.42 Å². The molecule has 128 valence electrons. The van der Waals surface area contributed by atoms with Gasteiger partial charge in [0.25, 0.3) is 0 Å². The van der Waals surface area contributed by atoms with E-state index in [1.807, 2.05) is 0 Å². The van der Waals surface area contributed by atoms with Gasteiger partial charge in [0.05, 0.1) is 0 Å². The predicted molar refractivity (Wildman–Crippen MR) is 103 cm³/mol. The average molecular weight is 330 g/mol. The van der Waals surface area contributed by atoms with Crippen molar-refractivity contribution in [2.45, 2.75) is 58.3 Å². The number of carbonyl (C=O) groups excluding carboxylic acids is 1. The maximum absolute atomic E-state index is 13.5. The quantitative estimate of drug-likeness (QED) is 0.598. The smallest absolute Gasteiger partial charge is 0.169 e. The summed E-state index contributed by atoms with van der Waals surface area (Å²) in [6.45, 7) is 4.55. The first kappa shape index (κ1) is 15.4. The lowest BCUT2D eigenvalue weighted by atomic mass is 9.63. The van der Waals surface area contributed by atoms with E-state index in [4.69, 9.17) is 0 Å². The second-order valence-corrected chi connectivity index (χ2v) is 8.55. The number of Topliss-reactive ketones (excluding diaryl/α,β-unsaturated/α-hetero) is 1. The van der Waals surface area contributed by atoms with Gasteiger partial charge >= 0.3 is 0 Å². The lowest BCUT2D eigenvalue weighted by Crippen LogP contribution is -2.39. The Morgan fingerprint density at radius 2 is 2.16 bits per heavy atom. The SMILES string of the molecule is CCC(C)c1cccc2cc3c(cc12)CCC1(CC2=CCC1C2)C3=O. The van der Waals surface area contributed by atoms with E-state index in [1.54, 1.807) is 5.57 Å². The average Bonchev–Trinajstić information content (AvgIpc) is 3.24. The number of allylic oxidation sites excluding steroid dienone is 2. The summed E-state index contributed by atoms with van der Waals surface area (Å²) in [6.07, 6.45) is 8.98. The van der Waals surface area contributed by atoms with Crippen LogP contribution in [-0.4, -0.2) is 5.78 Å². The van der Waals surface area contributed by atoms with Crippen LogP contribution in [0.5, 0.6) is 0 Å². The van der Waals surface area contributed by atoms with Gasteiger partial charge in [-0.25, -0.2) is 0 Å². The molecule has 3 unspecified atom stereocenters. The van der Waals surface area contributed by atoms with Crippen molar-refractivity contribution in [1.82, 2.24) is 0 Å². The van der Waals surface area contributed by atoms with E-state index in [1.165, 1.54) is 28.3 Å². The molecular formula is C24H26O. The second-order valence-electron chi connectivity index (χ2n) is 8.55. The summed E-state index contributed by atoms with van der Waals surface area (Å²) >= 11 is 0. The highest BCUT2D eigenvalue weighted by Crippen LogP contribution is 2.58. The zero-order valence-corrected chi connectivity index (χ0v) is 15.3. The van der Waals surface area contributed by atoms with Crippen LogP contribution in [0, 0.1) is 11.3 Å². The molecule has 2 bridgehead atoms. The highest BCUT2D eigenvalue weighted by atomic mass is 16.1. The predicted octanol–water partition coefficient (Wildman–Crippen LogP) is 6.21. The van der Waals surface area contributed by atoms with Crippen LogP contribution >= 0.6 is 0 Å². The third-order valence-corrected chi connectivity index (χ3v) is 7.34. The maximum atomic E-state index is 13.5. The fourth-order valence-corrected chi connectivity index (χ4v) is 5.67. The summed E-state index contributed by atoms with van der Waals surface area (Å²) in [5, 5.41) is 2.60. The van der Waals surface area contributed by atoms with Crippen molar-refractivity contribution in [2.75, 3.05) is 0 Å². The Labute approximate surface area is 150 Å². The molecule has 0 amide bonds. The highest BCUT2D eigenvalue weighted by molar-refractivity contribution is 6.07. The summed E-state index contributed by atoms with van der Waals surface area (Å²) in [5.74, 6) is 1.58. The Hall–Kier alpha value is -1.89. The lowest BCUT2D eigenvalue weighted by molar-refractivity contribution is 0.0671. The standard InChI is InChI=1S/C24H26O/c1-3-15(2)20-6-4-5-17-13-22-18(12-21(17)20)9-10-24(23(22)25)14-16-7-8-19(24)11-16/h4-7,12-13,15,19H,3,8-11,14H2,1-2H3. The zero-order chi connectivity index (χ0) is 17.2. The van der Waals surface area contributed by atoms with E-state index < -0.39 is 0 Å². The molecule has 1 fully saturated rings. The van der Waals surface area contributed by atoms with Crippen molar-refractivity contribution >= 4 is 16.6 Å². The second kappa shape index (κ2) is 5.30. The molecule has 2 aromatic carbocycles. The molecule has 1 heteroatoms. The van der Waals surface area contributed by atoms with E-state index in [-0.39, 0.29) is 5.41 Å². The normalized spacial score (nSPS) is 28.5. The van der Waals surface area contributed by atoms with Gasteiger partial charge in [-0.3, -0.25) is 4.79 Å². The molecule has 3 aliphatic rings. The third kappa shape index (κ3) is 2.05. The van der Waals surface area contributed by atoms with Crippen LogP contribution < -0.4 is 0 Å². The summed E-state index contributed by atoms with van der Waals surface area (Å²) in [7, 11) is 0. The van der Waals surface area contributed by atoms with Crippen LogP contribution in [0.25, 0.3) is 10.8 Å². The Morgan fingerprint density at radius 1 is 1.28 bits per heavy atom. The number of benzene rings is 2. The van der Waals surface area contributed by atoms with Gasteiger partial charge in [-0.15, -0.1) is 0 Å².